The number of hydrogen-bond acceptors (Lipinski definition) is 5. The van der Waals surface area contributed by atoms with Gasteiger partial charge in [0.15, 0.2) is 0 Å². The van der Waals surface area contributed by atoms with E-state index in [1.165, 1.54) is 54.9 Å². The summed E-state index contributed by atoms with van der Waals surface area (Å²) in [6.45, 7) is 3.79. The molecule has 2 aliphatic rings. The molecule has 0 spiro atoms. The average molecular weight is 241 g/mol. The highest BCUT2D eigenvalue weighted by Crippen LogP contribution is 2.40. The lowest BCUT2D eigenvalue weighted by Crippen LogP contribution is -2.25. The molecule has 0 amide bonds. The summed E-state index contributed by atoms with van der Waals surface area (Å²) in [7, 11) is 0. The van der Waals surface area contributed by atoms with Crippen LogP contribution in [-0.4, -0.2) is 39.5 Å². The highest BCUT2D eigenvalue weighted by atomic mass is 32.2. The number of rotatable bonds is 2. The Bertz CT molecular complexity index is 352. The molecule has 0 radical (unpaired) electrons. The first-order valence-electron chi connectivity index (χ1n) is 5.47. The second-order valence-electron chi connectivity index (χ2n) is 4.43. The van der Waals surface area contributed by atoms with E-state index in [9.17, 15) is 0 Å². The first-order chi connectivity index (χ1) is 7.38. The van der Waals surface area contributed by atoms with Gasteiger partial charge in [0, 0.05) is 19.0 Å². The van der Waals surface area contributed by atoms with Crippen molar-refractivity contribution < 1.29 is 0 Å². The van der Waals surface area contributed by atoms with Crippen molar-refractivity contribution in [2.24, 2.45) is 5.92 Å². The topological polar surface area (TPSA) is 29.0 Å². The summed E-state index contributed by atoms with van der Waals surface area (Å²) in [6, 6.07) is 0. The molecule has 0 aliphatic carbocycles. The second kappa shape index (κ2) is 4.03. The molecule has 3 nitrogen and oxygen atoms in total. The van der Waals surface area contributed by atoms with E-state index in [1.807, 2.05) is 0 Å². The standard InChI is InChI=1S/C10H15N3S2/c1-14-10-9(11-15-12-10)8-6-13-4-2-3-7(8)5-13/h7-8H,2-6H2,1H3/t7-,8?/m0/s1. The van der Waals surface area contributed by atoms with Crippen LogP contribution in [0.15, 0.2) is 5.03 Å². The summed E-state index contributed by atoms with van der Waals surface area (Å²) >= 11 is 3.11. The lowest BCUT2D eigenvalue weighted by molar-refractivity contribution is 0.269. The lowest BCUT2D eigenvalue weighted by atomic mass is 9.89. The molecule has 2 unspecified atom stereocenters. The molecule has 15 heavy (non-hydrogen) atoms. The highest BCUT2D eigenvalue weighted by molar-refractivity contribution is 7.98. The van der Waals surface area contributed by atoms with Crippen molar-refractivity contribution in [1.82, 2.24) is 13.6 Å². The second-order valence-corrected chi connectivity index (χ2v) is 5.75. The number of thioether (sulfide) groups is 1. The Kier molecular flexibility index (Phi) is 2.70. The molecule has 3 heterocycles. The summed E-state index contributed by atoms with van der Waals surface area (Å²) in [5.74, 6) is 1.50. The fourth-order valence-corrected chi connectivity index (χ4v) is 4.26. The Hall–Kier alpha value is -0.130. The molecular formula is C10H15N3S2. The van der Waals surface area contributed by atoms with Crippen molar-refractivity contribution in [3.05, 3.63) is 5.69 Å². The van der Waals surface area contributed by atoms with Crippen LogP contribution >= 0.6 is 23.5 Å². The molecule has 1 aromatic heterocycles. The van der Waals surface area contributed by atoms with Crippen molar-refractivity contribution in [1.29, 1.82) is 0 Å². The van der Waals surface area contributed by atoms with Crippen LogP contribution in [-0.2, 0) is 0 Å². The zero-order valence-corrected chi connectivity index (χ0v) is 10.5. The van der Waals surface area contributed by atoms with Gasteiger partial charge < -0.3 is 4.90 Å². The average Bonchev–Trinajstić information content (AvgIpc) is 2.83. The molecule has 0 N–H and O–H groups in total. The van der Waals surface area contributed by atoms with Gasteiger partial charge >= 0.3 is 0 Å². The molecule has 0 aromatic carbocycles. The molecule has 0 saturated carbocycles. The fraction of sp³-hybridized carbons (Fsp3) is 0.800. The Morgan fingerprint density at radius 1 is 1.40 bits per heavy atom. The van der Waals surface area contributed by atoms with Crippen LogP contribution in [0.25, 0.3) is 0 Å². The third-order valence-electron chi connectivity index (χ3n) is 3.59. The number of fused-ring (bicyclic) bond motifs is 2. The summed E-state index contributed by atoms with van der Waals surface area (Å²) in [6.07, 6.45) is 4.85. The van der Waals surface area contributed by atoms with Gasteiger partial charge in [0.25, 0.3) is 0 Å². The van der Waals surface area contributed by atoms with Crippen molar-refractivity contribution in [3.8, 4) is 0 Å². The van der Waals surface area contributed by atoms with E-state index in [-0.39, 0.29) is 0 Å². The van der Waals surface area contributed by atoms with Crippen LogP contribution in [0.3, 0.4) is 0 Å². The summed E-state index contributed by atoms with van der Waals surface area (Å²) in [5, 5.41) is 1.17. The van der Waals surface area contributed by atoms with Gasteiger partial charge in [0.2, 0.25) is 0 Å². The van der Waals surface area contributed by atoms with Crippen molar-refractivity contribution in [2.75, 3.05) is 25.9 Å². The summed E-state index contributed by atoms with van der Waals surface area (Å²) in [4.78, 5) is 2.59. The largest absolute Gasteiger partial charge is 0.302 e. The fourth-order valence-electron chi connectivity index (χ4n) is 2.88. The molecule has 2 bridgehead atoms. The number of nitrogens with zero attached hydrogens (tertiary/aromatic N) is 3. The molecule has 2 saturated heterocycles. The quantitative estimate of drug-likeness (QED) is 0.741. The first-order valence-corrected chi connectivity index (χ1v) is 7.43. The van der Waals surface area contributed by atoms with Crippen molar-refractivity contribution in [3.63, 3.8) is 0 Å². The van der Waals surface area contributed by atoms with Crippen LogP contribution in [0.2, 0.25) is 0 Å². The lowest BCUT2D eigenvalue weighted by Gasteiger charge is -2.21. The summed E-state index contributed by atoms with van der Waals surface area (Å²) in [5.41, 5.74) is 1.28. The predicted molar refractivity (Wildman–Crippen MR) is 63.6 cm³/mol. The van der Waals surface area contributed by atoms with E-state index >= 15 is 0 Å². The van der Waals surface area contributed by atoms with E-state index in [0.717, 1.165) is 5.92 Å². The van der Waals surface area contributed by atoms with Gasteiger partial charge in [-0.1, -0.05) is 0 Å². The molecule has 1 aromatic rings. The molecular weight excluding hydrogens is 226 g/mol. The van der Waals surface area contributed by atoms with E-state index in [0.29, 0.717) is 5.92 Å². The maximum atomic E-state index is 4.51. The van der Waals surface area contributed by atoms with Crippen LogP contribution in [0.1, 0.15) is 24.5 Å². The highest BCUT2D eigenvalue weighted by Gasteiger charge is 2.38. The van der Waals surface area contributed by atoms with Crippen LogP contribution < -0.4 is 0 Å². The van der Waals surface area contributed by atoms with Gasteiger partial charge in [-0.2, -0.15) is 8.75 Å². The first kappa shape index (κ1) is 10.1. The third-order valence-corrected chi connectivity index (χ3v) is 4.94. The van der Waals surface area contributed by atoms with Gasteiger partial charge in [-0.3, -0.25) is 0 Å². The van der Waals surface area contributed by atoms with E-state index in [1.54, 1.807) is 11.8 Å². The van der Waals surface area contributed by atoms with Gasteiger partial charge in [-0.25, -0.2) is 0 Å². The van der Waals surface area contributed by atoms with Crippen LogP contribution in [0.4, 0.5) is 0 Å². The smallest absolute Gasteiger partial charge is 0.133 e. The summed E-state index contributed by atoms with van der Waals surface area (Å²) < 4.78 is 8.88. The number of aromatic nitrogens is 2. The van der Waals surface area contributed by atoms with Gasteiger partial charge in [0.1, 0.15) is 5.03 Å². The van der Waals surface area contributed by atoms with E-state index < -0.39 is 0 Å². The van der Waals surface area contributed by atoms with Gasteiger partial charge in [-0.05, 0) is 31.6 Å². The monoisotopic (exact) mass is 241 g/mol. The van der Waals surface area contributed by atoms with E-state index in [4.69, 9.17) is 0 Å². The zero-order valence-electron chi connectivity index (χ0n) is 8.85. The minimum Gasteiger partial charge on any atom is -0.302 e. The normalized spacial score (nSPS) is 34.6. The van der Waals surface area contributed by atoms with Crippen molar-refractivity contribution >= 4 is 23.5 Å². The van der Waals surface area contributed by atoms with Gasteiger partial charge in [0.05, 0.1) is 17.4 Å². The SMILES string of the molecule is CSc1nsnc1C1CN2CCC[C@H]1C2. The maximum absolute atomic E-state index is 4.51. The van der Waals surface area contributed by atoms with Crippen molar-refractivity contribution in [2.45, 2.75) is 23.8 Å². The van der Waals surface area contributed by atoms with Crippen LogP contribution in [0, 0.1) is 5.92 Å². The molecule has 2 aliphatic heterocycles. The molecule has 3 rings (SSSR count). The maximum Gasteiger partial charge on any atom is 0.133 e. The molecule has 2 fully saturated rings. The molecule has 3 atom stereocenters. The third kappa shape index (κ3) is 1.70. The molecule has 5 heteroatoms. The minimum atomic E-state index is 0.661. The Labute approximate surface area is 98.6 Å². The Morgan fingerprint density at radius 2 is 2.33 bits per heavy atom. The van der Waals surface area contributed by atoms with Crippen LogP contribution in [0.5, 0.6) is 0 Å². The predicted octanol–water partition coefficient (Wildman–Crippen LogP) is 2.07. The zero-order chi connectivity index (χ0) is 10.3. The molecule has 82 valence electrons. The van der Waals surface area contributed by atoms with E-state index in [2.05, 4.69) is 19.9 Å². The number of piperidine rings is 1. The minimum absolute atomic E-state index is 0.661. The van der Waals surface area contributed by atoms with Gasteiger partial charge in [-0.15, -0.1) is 11.8 Å². The number of hydrogen-bond donors (Lipinski definition) is 0. The Balaban J connectivity index is 1.88. The Morgan fingerprint density at radius 3 is 3.13 bits per heavy atom.